The van der Waals surface area contributed by atoms with Crippen LogP contribution in [0.1, 0.15) is 18.4 Å². The van der Waals surface area contributed by atoms with Crippen LogP contribution in [0.15, 0.2) is 18.2 Å². The highest BCUT2D eigenvalue weighted by Gasteiger charge is 2.41. The summed E-state index contributed by atoms with van der Waals surface area (Å²) in [6, 6.07) is 3.56. The van der Waals surface area contributed by atoms with Gasteiger partial charge in [-0.05, 0) is 18.9 Å². The molecule has 0 heterocycles. The second kappa shape index (κ2) is 4.90. The second-order valence-electron chi connectivity index (χ2n) is 4.62. The van der Waals surface area contributed by atoms with E-state index in [9.17, 15) is 20.2 Å². The van der Waals surface area contributed by atoms with Crippen molar-refractivity contribution >= 4 is 11.4 Å². The molecule has 1 aliphatic carbocycles. The molecule has 1 aromatic rings. The number of nitrogens with one attached hydrogen (secondary N) is 1. The zero-order chi connectivity index (χ0) is 14.0. The Kier molecular flexibility index (Phi) is 3.45. The molecule has 1 aliphatic rings. The van der Waals surface area contributed by atoms with Gasteiger partial charge in [-0.25, -0.2) is 0 Å². The quantitative estimate of drug-likeness (QED) is 0.588. The third-order valence-corrected chi connectivity index (χ3v) is 3.29. The van der Waals surface area contributed by atoms with Crippen molar-refractivity contribution in [3.63, 3.8) is 0 Å². The van der Waals surface area contributed by atoms with E-state index >= 15 is 0 Å². The van der Waals surface area contributed by atoms with Crippen LogP contribution in [0.25, 0.3) is 0 Å². The monoisotopic (exact) mass is 267 g/mol. The lowest BCUT2D eigenvalue weighted by Crippen LogP contribution is -2.34. The molecule has 1 saturated carbocycles. The number of rotatable bonds is 6. The Balaban J connectivity index is 2.19. The van der Waals surface area contributed by atoms with Crippen molar-refractivity contribution in [2.75, 3.05) is 6.61 Å². The van der Waals surface area contributed by atoms with Gasteiger partial charge in [-0.15, -0.1) is 0 Å². The molecule has 0 spiro atoms. The van der Waals surface area contributed by atoms with Crippen LogP contribution in [0.4, 0.5) is 11.4 Å². The predicted octanol–water partition coefficient (Wildman–Crippen LogP) is 1.12. The Morgan fingerprint density at radius 1 is 1.26 bits per heavy atom. The van der Waals surface area contributed by atoms with Gasteiger partial charge in [0.05, 0.1) is 22.5 Å². The van der Waals surface area contributed by atoms with E-state index in [1.165, 1.54) is 12.1 Å². The lowest BCUT2D eigenvalue weighted by atomic mass is 10.1. The van der Waals surface area contributed by atoms with Crippen LogP contribution in [0.3, 0.4) is 0 Å². The molecule has 0 amide bonds. The number of nitrogens with zero attached hydrogens (tertiary/aromatic N) is 2. The second-order valence-corrected chi connectivity index (χ2v) is 4.62. The molecule has 0 radical (unpaired) electrons. The highest BCUT2D eigenvalue weighted by atomic mass is 16.6. The van der Waals surface area contributed by atoms with Crippen LogP contribution in [0.5, 0.6) is 0 Å². The lowest BCUT2D eigenvalue weighted by Gasteiger charge is -2.13. The van der Waals surface area contributed by atoms with Crippen molar-refractivity contribution in [3.8, 4) is 0 Å². The molecule has 0 saturated heterocycles. The summed E-state index contributed by atoms with van der Waals surface area (Å²) in [4.78, 5) is 20.2. The van der Waals surface area contributed by atoms with Gasteiger partial charge in [0.25, 0.3) is 11.4 Å². The van der Waals surface area contributed by atoms with Gasteiger partial charge in [0.2, 0.25) is 0 Å². The van der Waals surface area contributed by atoms with Crippen molar-refractivity contribution in [1.82, 2.24) is 5.32 Å². The Bertz CT molecular complexity index is 527. The fourth-order valence-corrected chi connectivity index (χ4v) is 1.81. The van der Waals surface area contributed by atoms with Gasteiger partial charge in [-0.3, -0.25) is 20.2 Å². The SMILES string of the molecule is O=[N+]([O-])c1ccc(CNC2(CO)CC2)c([N+](=O)[O-])c1. The van der Waals surface area contributed by atoms with Crippen molar-refractivity contribution < 1.29 is 15.0 Å². The average molecular weight is 267 g/mol. The molecular formula is C11H13N3O5. The Morgan fingerprint density at radius 2 is 1.95 bits per heavy atom. The van der Waals surface area contributed by atoms with E-state index in [1.54, 1.807) is 0 Å². The highest BCUT2D eigenvalue weighted by molar-refractivity contribution is 5.49. The zero-order valence-corrected chi connectivity index (χ0v) is 10.0. The fourth-order valence-electron chi connectivity index (χ4n) is 1.81. The van der Waals surface area contributed by atoms with Gasteiger partial charge in [0.15, 0.2) is 0 Å². The summed E-state index contributed by atoms with van der Waals surface area (Å²) >= 11 is 0. The molecule has 0 aromatic heterocycles. The summed E-state index contributed by atoms with van der Waals surface area (Å²) < 4.78 is 0. The first-order valence-electron chi connectivity index (χ1n) is 5.75. The Morgan fingerprint density at radius 3 is 2.42 bits per heavy atom. The summed E-state index contributed by atoms with van der Waals surface area (Å²) in [7, 11) is 0. The van der Waals surface area contributed by atoms with Gasteiger partial charge >= 0.3 is 0 Å². The number of aliphatic hydroxyl groups excluding tert-OH is 1. The number of hydrogen-bond donors (Lipinski definition) is 2. The van der Waals surface area contributed by atoms with Crippen molar-refractivity contribution in [3.05, 3.63) is 44.0 Å². The van der Waals surface area contributed by atoms with Gasteiger partial charge < -0.3 is 10.4 Å². The van der Waals surface area contributed by atoms with Crippen LogP contribution in [-0.2, 0) is 6.54 Å². The number of nitro benzene ring substituents is 2. The standard InChI is InChI=1S/C11H13N3O5/c15-7-11(3-4-11)12-6-8-1-2-9(13(16)17)5-10(8)14(18)19/h1-2,5,12,15H,3-4,6-7H2. The molecule has 8 heteroatoms. The number of benzene rings is 1. The molecule has 0 atom stereocenters. The first-order chi connectivity index (χ1) is 8.97. The Hall–Kier alpha value is -2.06. The third-order valence-electron chi connectivity index (χ3n) is 3.29. The summed E-state index contributed by atoms with van der Waals surface area (Å²) in [6.07, 6.45) is 1.65. The van der Waals surface area contributed by atoms with Crippen LogP contribution < -0.4 is 5.32 Å². The molecule has 2 rings (SSSR count). The van der Waals surface area contributed by atoms with E-state index in [-0.39, 0.29) is 30.1 Å². The van der Waals surface area contributed by atoms with Crippen LogP contribution in [0.2, 0.25) is 0 Å². The number of nitro groups is 2. The largest absolute Gasteiger partial charge is 0.394 e. The fraction of sp³-hybridized carbons (Fsp3) is 0.455. The summed E-state index contributed by atoms with van der Waals surface area (Å²) in [5.41, 5.74) is -0.556. The van der Waals surface area contributed by atoms with Gasteiger partial charge in [0.1, 0.15) is 0 Å². The minimum absolute atomic E-state index is 0.0201. The molecular weight excluding hydrogens is 254 g/mol. The molecule has 1 aromatic carbocycles. The summed E-state index contributed by atoms with van der Waals surface area (Å²) in [6.45, 7) is 0.183. The molecule has 8 nitrogen and oxygen atoms in total. The van der Waals surface area contributed by atoms with E-state index in [0.717, 1.165) is 18.9 Å². The van der Waals surface area contributed by atoms with Crippen molar-refractivity contribution in [2.24, 2.45) is 0 Å². The Labute approximate surface area is 108 Å². The van der Waals surface area contributed by atoms with Crippen molar-refractivity contribution in [2.45, 2.75) is 24.9 Å². The van der Waals surface area contributed by atoms with Crippen molar-refractivity contribution in [1.29, 1.82) is 0 Å². The third kappa shape index (κ3) is 2.85. The normalized spacial score (nSPS) is 16.1. The summed E-state index contributed by atoms with van der Waals surface area (Å²) in [5, 5.41) is 33.7. The van der Waals surface area contributed by atoms with E-state index in [4.69, 9.17) is 5.11 Å². The molecule has 102 valence electrons. The van der Waals surface area contributed by atoms with Crippen LogP contribution in [0, 0.1) is 20.2 Å². The predicted molar refractivity (Wildman–Crippen MR) is 65.6 cm³/mol. The number of hydrogen-bond acceptors (Lipinski definition) is 6. The van der Waals surface area contributed by atoms with Gasteiger partial charge in [-0.1, -0.05) is 0 Å². The maximum Gasteiger partial charge on any atom is 0.280 e. The lowest BCUT2D eigenvalue weighted by molar-refractivity contribution is -0.394. The van der Waals surface area contributed by atoms with E-state index in [0.29, 0.717) is 5.56 Å². The average Bonchev–Trinajstić information content (AvgIpc) is 3.16. The number of non-ortho nitro benzene ring substituents is 1. The maximum atomic E-state index is 10.9. The molecule has 1 fully saturated rings. The first kappa shape index (κ1) is 13.4. The molecule has 0 aliphatic heterocycles. The highest BCUT2D eigenvalue weighted by Crippen LogP contribution is 2.35. The molecule has 19 heavy (non-hydrogen) atoms. The number of aliphatic hydroxyl groups is 1. The minimum Gasteiger partial charge on any atom is -0.394 e. The topological polar surface area (TPSA) is 119 Å². The van der Waals surface area contributed by atoms with E-state index in [2.05, 4.69) is 5.32 Å². The van der Waals surface area contributed by atoms with E-state index < -0.39 is 9.85 Å². The van der Waals surface area contributed by atoms with Gasteiger partial charge in [0, 0.05) is 23.7 Å². The van der Waals surface area contributed by atoms with Crippen LogP contribution >= 0.6 is 0 Å². The molecule has 2 N–H and O–H groups in total. The van der Waals surface area contributed by atoms with Gasteiger partial charge in [-0.2, -0.15) is 0 Å². The van der Waals surface area contributed by atoms with Crippen LogP contribution in [-0.4, -0.2) is 27.1 Å². The summed E-state index contributed by atoms with van der Waals surface area (Å²) in [5.74, 6) is 0. The minimum atomic E-state index is -0.666. The maximum absolute atomic E-state index is 10.9. The molecule has 0 unspecified atom stereocenters. The zero-order valence-electron chi connectivity index (χ0n) is 10.0. The van der Waals surface area contributed by atoms with E-state index in [1.807, 2.05) is 0 Å². The first-order valence-corrected chi connectivity index (χ1v) is 5.75. The molecule has 0 bridgehead atoms. The smallest absolute Gasteiger partial charge is 0.280 e.